The Morgan fingerprint density at radius 2 is 2.12 bits per heavy atom. The Morgan fingerprint density at radius 1 is 1.47 bits per heavy atom. The normalized spacial score (nSPS) is 25.1. The molecule has 0 radical (unpaired) electrons. The van der Waals surface area contributed by atoms with Gasteiger partial charge in [0.1, 0.15) is 11.6 Å². The Kier molecular flexibility index (Phi) is 3.59. The number of nitrogens with two attached hydrogens (primary N) is 1. The van der Waals surface area contributed by atoms with Crippen LogP contribution in [0, 0.1) is 5.82 Å². The summed E-state index contributed by atoms with van der Waals surface area (Å²) in [7, 11) is 0. The number of ether oxygens (including phenoxy) is 1. The molecule has 1 aliphatic heterocycles. The molecule has 1 aliphatic rings. The largest absolute Gasteiger partial charge is 0.372 e. The minimum absolute atomic E-state index is 0.149. The second kappa shape index (κ2) is 4.98. The lowest BCUT2D eigenvalue weighted by molar-refractivity contribution is -0.00551. The summed E-state index contributed by atoms with van der Waals surface area (Å²) in [5, 5.41) is 0. The van der Waals surface area contributed by atoms with Gasteiger partial charge in [0.2, 0.25) is 0 Å². The molecule has 2 unspecified atom stereocenters. The van der Waals surface area contributed by atoms with Crippen molar-refractivity contribution in [1.82, 2.24) is 4.98 Å². The first-order chi connectivity index (χ1) is 8.10. The number of hydrogen-bond acceptors (Lipinski definition) is 4. The van der Waals surface area contributed by atoms with Gasteiger partial charge in [-0.2, -0.15) is 0 Å². The van der Waals surface area contributed by atoms with Gasteiger partial charge >= 0.3 is 0 Å². The number of hydrogen-bond donors (Lipinski definition) is 1. The lowest BCUT2D eigenvalue weighted by Crippen LogP contribution is -2.46. The SMILES string of the molecule is CC1CN(c2ncc(F)cc2CN)CC(C)O1. The molecular formula is C12H18FN3O. The first-order valence-electron chi connectivity index (χ1n) is 5.85. The highest BCUT2D eigenvalue weighted by Gasteiger charge is 2.24. The third-order valence-corrected chi connectivity index (χ3v) is 2.85. The summed E-state index contributed by atoms with van der Waals surface area (Å²) in [6.07, 6.45) is 1.53. The molecule has 2 atom stereocenters. The summed E-state index contributed by atoms with van der Waals surface area (Å²) in [6, 6.07) is 1.45. The standard InChI is InChI=1S/C12H18FN3O/c1-8-6-16(7-9(2)17-8)12-10(4-14)3-11(13)5-15-12/h3,5,8-9H,4,6-7,14H2,1-2H3. The van der Waals surface area contributed by atoms with Crippen molar-refractivity contribution in [1.29, 1.82) is 0 Å². The maximum Gasteiger partial charge on any atom is 0.141 e. The van der Waals surface area contributed by atoms with E-state index in [1.165, 1.54) is 12.3 Å². The van der Waals surface area contributed by atoms with Crippen molar-refractivity contribution in [2.75, 3.05) is 18.0 Å². The second-order valence-corrected chi connectivity index (χ2v) is 4.50. The van der Waals surface area contributed by atoms with Crippen LogP contribution in [0.2, 0.25) is 0 Å². The van der Waals surface area contributed by atoms with Crippen molar-refractivity contribution in [3.63, 3.8) is 0 Å². The van der Waals surface area contributed by atoms with Crippen LogP contribution >= 0.6 is 0 Å². The van der Waals surface area contributed by atoms with Gasteiger partial charge in [0.05, 0.1) is 18.4 Å². The van der Waals surface area contributed by atoms with Gasteiger partial charge in [0.25, 0.3) is 0 Å². The quantitative estimate of drug-likeness (QED) is 0.845. The molecule has 1 aromatic rings. The summed E-state index contributed by atoms with van der Waals surface area (Å²) in [6.45, 7) is 5.86. The van der Waals surface area contributed by atoms with Crippen LogP contribution in [-0.4, -0.2) is 30.3 Å². The Bertz CT molecular complexity index is 389. The van der Waals surface area contributed by atoms with Gasteiger partial charge < -0.3 is 15.4 Å². The van der Waals surface area contributed by atoms with Gasteiger partial charge in [-0.25, -0.2) is 9.37 Å². The predicted octanol–water partition coefficient (Wildman–Crippen LogP) is 1.29. The maximum absolute atomic E-state index is 13.1. The van der Waals surface area contributed by atoms with Gasteiger partial charge in [-0.15, -0.1) is 0 Å². The first-order valence-corrected chi connectivity index (χ1v) is 5.85. The summed E-state index contributed by atoms with van der Waals surface area (Å²) in [5.41, 5.74) is 6.37. The molecule has 0 bridgehead atoms. The Morgan fingerprint density at radius 3 is 2.71 bits per heavy atom. The third kappa shape index (κ3) is 2.73. The number of nitrogens with zero attached hydrogens (tertiary/aromatic N) is 2. The number of anilines is 1. The minimum atomic E-state index is -0.344. The number of rotatable bonds is 2. The van der Waals surface area contributed by atoms with Gasteiger partial charge in [-0.3, -0.25) is 0 Å². The molecule has 17 heavy (non-hydrogen) atoms. The number of morpholine rings is 1. The van der Waals surface area contributed by atoms with Crippen LogP contribution in [0.4, 0.5) is 10.2 Å². The number of aromatic nitrogens is 1. The van der Waals surface area contributed by atoms with E-state index in [1.54, 1.807) is 0 Å². The van der Waals surface area contributed by atoms with Crippen LogP contribution < -0.4 is 10.6 Å². The van der Waals surface area contributed by atoms with Gasteiger partial charge in [-0.1, -0.05) is 0 Å². The number of pyridine rings is 1. The van der Waals surface area contributed by atoms with Crippen LogP contribution in [0.3, 0.4) is 0 Å². The van der Waals surface area contributed by atoms with Crippen LogP contribution in [0.15, 0.2) is 12.3 Å². The molecule has 5 heteroatoms. The molecule has 4 nitrogen and oxygen atoms in total. The van der Waals surface area contributed by atoms with Gasteiger partial charge in [-0.05, 0) is 19.9 Å². The molecule has 2 heterocycles. The summed E-state index contributed by atoms with van der Waals surface area (Å²) in [4.78, 5) is 6.27. The van der Waals surface area contributed by atoms with Gasteiger partial charge in [0.15, 0.2) is 0 Å². The highest BCUT2D eigenvalue weighted by molar-refractivity contribution is 5.47. The van der Waals surface area contributed by atoms with E-state index in [1.807, 2.05) is 13.8 Å². The van der Waals surface area contributed by atoms with Gasteiger partial charge in [0, 0.05) is 25.2 Å². The van der Waals surface area contributed by atoms with E-state index < -0.39 is 0 Å². The van der Waals surface area contributed by atoms with Crippen molar-refractivity contribution in [2.45, 2.75) is 32.6 Å². The van der Waals surface area contributed by atoms with E-state index in [-0.39, 0.29) is 18.0 Å². The van der Waals surface area contributed by atoms with Crippen molar-refractivity contribution < 1.29 is 9.13 Å². The number of halogens is 1. The van der Waals surface area contributed by atoms with Crippen molar-refractivity contribution in [2.24, 2.45) is 5.73 Å². The fraction of sp³-hybridized carbons (Fsp3) is 0.583. The molecule has 0 aromatic carbocycles. The zero-order valence-corrected chi connectivity index (χ0v) is 10.2. The topological polar surface area (TPSA) is 51.4 Å². The summed E-state index contributed by atoms with van der Waals surface area (Å²) in [5.74, 6) is 0.430. The van der Waals surface area contributed by atoms with Crippen LogP contribution in [0.25, 0.3) is 0 Å². The molecule has 1 aromatic heterocycles. The highest BCUT2D eigenvalue weighted by Crippen LogP contribution is 2.22. The maximum atomic E-state index is 13.1. The molecule has 1 saturated heterocycles. The average Bonchev–Trinajstić information content (AvgIpc) is 2.27. The molecule has 2 rings (SSSR count). The monoisotopic (exact) mass is 239 g/mol. The lowest BCUT2D eigenvalue weighted by Gasteiger charge is -2.36. The Hall–Kier alpha value is -1.20. The molecule has 0 saturated carbocycles. The van der Waals surface area contributed by atoms with Crippen LogP contribution in [0.5, 0.6) is 0 Å². The summed E-state index contributed by atoms with van der Waals surface area (Å²) < 4.78 is 18.8. The molecular weight excluding hydrogens is 221 g/mol. The molecule has 94 valence electrons. The Labute approximate surface area is 101 Å². The Balaban J connectivity index is 2.26. The van der Waals surface area contributed by atoms with Crippen molar-refractivity contribution in [3.8, 4) is 0 Å². The molecule has 2 N–H and O–H groups in total. The van der Waals surface area contributed by atoms with Crippen LogP contribution in [0.1, 0.15) is 19.4 Å². The fourth-order valence-corrected chi connectivity index (χ4v) is 2.26. The summed E-state index contributed by atoms with van der Waals surface area (Å²) >= 11 is 0. The van der Waals surface area contributed by atoms with E-state index in [4.69, 9.17) is 10.5 Å². The molecule has 0 spiro atoms. The molecule has 1 fully saturated rings. The average molecular weight is 239 g/mol. The minimum Gasteiger partial charge on any atom is -0.372 e. The second-order valence-electron chi connectivity index (χ2n) is 4.50. The predicted molar refractivity (Wildman–Crippen MR) is 64.3 cm³/mol. The highest BCUT2D eigenvalue weighted by atomic mass is 19.1. The fourth-order valence-electron chi connectivity index (χ4n) is 2.26. The van der Waals surface area contributed by atoms with E-state index in [0.717, 1.165) is 24.5 Å². The van der Waals surface area contributed by atoms with E-state index in [9.17, 15) is 4.39 Å². The lowest BCUT2D eigenvalue weighted by atomic mass is 10.2. The zero-order valence-electron chi connectivity index (χ0n) is 10.2. The van der Waals surface area contributed by atoms with E-state index in [2.05, 4.69) is 9.88 Å². The zero-order chi connectivity index (χ0) is 12.4. The van der Waals surface area contributed by atoms with Crippen LogP contribution in [-0.2, 0) is 11.3 Å². The van der Waals surface area contributed by atoms with E-state index in [0.29, 0.717) is 6.54 Å². The first kappa shape index (κ1) is 12.3. The molecule has 0 aliphatic carbocycles. The van der Waals surface area contributed by atoms with E-state index >= 15 is 0 Å². The smallest absolute Gasteiger partial charge is 0.141 e. The van der Waals surface area contributed by atoms with Crippen molar-refractivity contribution >= 4 is 5.82 Å². The van der Waals surface area contributed by atoms with Crippen molar-refractivity contribution in [3.05, 3.63) is 23.6 Å². The molecule has 0 amide bonds. The third-order valence-electron chi connectivity index (χ3n) is 2.85.